The van der Waals surface area contributed by atoms with Crippen molar-refractivity contribution < 1.29 is 4.79 Å². The van der Waals surface area contributed by atoms with Gasteiger partial charge in [-0.25, -0.2) is 4.98 Å². The third kappa shape index (κ3) is 5.00. The van der Waals surface area contributed by atoms with Crippen molar-refractivity contribution in [3.8, 4) is 11.4 Å². The molecule has 3 N–H and O–H groups in total. The minimum Gasteiger partial charge on any atom is -0.326 e. The van der Waals surface area contributed by atoms with Crippen LogP contribution in [0.2, 0.25) is 0 Å². The molecule has 0 aliphatic carbocycles. The number of aromatic nitrogens is 2. The number of aromatic amines is 1. The van der Waals surface area contributed by atoms with Gasteiger partial charge in [-0.1, -0.05) is 0 Å². The quantitative estimate of drug-likeness (QED) is 0.780. The van der Waals surface area contributed by atoms with E-state index in [1.165, 1.54) is 6.07 Å². The van der Waals surface area contributed by atoms with Gasteiger partial charge in [-0.05, 0) is 69.5 Å². The molecule has 6 nitrogen and oxygen atoms in total. The van der Waals surface area contributed by atoms with Gasteiger partial charge in [0.25, 0.3) is 5.56 Å². The van der Waals surface area contributed by atoms with Crippen LogP contribution in [0, 0.1) is 12.8 Å². The van der Waals surface area contributed by atoms with Gasteiger partial charge in [0, 0.05) is 29.4 Å². The maximum absolute atomic E-state index is 12.1. The highest BCUT2D eigenvalue weighted by atomic mass is 16.1. The van der Waals surface area contributed by atoms with Crippen LogP contribution in [0.1, 0.15) is 31.4 Å². The Morgan fingerprint density at radius 3 is 2.64 bits per heavy atom. The van der Waals surface area contributed by atoms with Gasteiger partial charge < -0.3 is 15.6 Å². The van der Waals surface area contributed by atoms with Crippen molar-refractivity contribution in [2.45, 2.75) is 32.6 Å². The fraction of sp³-hybridized carbons (Fsp3) is 0.421. The molecule has 2 heterocycles. The lowest BCUT2D eigenvalue weighted by molar-refractivity contribution is -0.116. The number of hydrogen-bond donors (Lipinski definition) is 3. The summed E-state index contributed by atoms with van der Waals surface area (Å²) in [6.07, 6.45) is 3.81. The molecule has 6 heteroatoms. The monoisotopic (exact) mass is 340 g/mol. The van der Waals surface area contributed by atoms with E-state index < -0.39 is 0 Å². The molecule has 25 heavy (non-hydrogen) atoms. The van der Waals surface area contributed by atoms with Crippen molar-refractivity contribution in [3.63, 3.8) is 0 Å². The molecule has 1 aliphatic rings. The summed E-state index contributed by atoms with van der Waals surface area (Å²) in [7, 11) is 0. The average Bonchev–Trinajstić information content (AvgIpc) is 2.61. The van der Waals surface area contributed by atoms with Crippen molar-refractivity contribution in [1.82, 2.24) is 15.3 Å². The molecule has 1 aliphatic heterocycles. The van der Waals surface area contributed by atoms with Gasteiger partial charge in [0.15, 0.2) is 0 Å². The highest BCUT2D eigenvalue weighted by Gasteiger charge is 2.14. The van der Waals surface area contributed by atoms with Crippen LogP contribution < -0.4 is 16.2 Å². The normalized spacial score (nSPS) is 15.1. The summed E-state index contributed by atoms with van der Waals surface area (Å²) in [5.74, 6) is 1.24. The van der Waals surface area contributed by atoms with Crippen LogP contribution in [0.25, 0.3) is 11.4 Å². The molecule has 0 bridgehead atoms. The van der Waals surface area contributed by atoms with Gasteiger partial charge in [0.05, 0.1) is 0 Å². The molecule has 0 saturated carbocycles. The zero-order valence-electron chi connectivity index (χ0n) is 14.5. The lowest BCUT2D eigenvalue weighted by Gasteiger charge is -2.22. The first-order chi connectivity index (χ1) is 12.1. The highest BCUT2D eigenvalue weighted by molar-refractivity contribution is 5.90. The maximum Gasteiger partial charge on any atom is 0.251 e. The van der Waals surface area contributed by atoms with Crippen molar-refractivity contribution in [3.05, 3.63) is 46.4 Å². The Morgan fingerprint density at radius 2 is 1.96 bits per heavy atom. The second-order valence-corrected chi connectivity index (χ2v) is 6.59. The lowest BCUT2D eigenvalue weighted by Crippen LogP contribution is -2.28. The molecule has 0 atom stereocenters. The summed E-state index contributed by atoms with van der Waals surface area (Å²) >= 11 is 0. The summed E-state index contributed by atoms with van der Waals surface area (Å²) in [4.78, 5) is 30.7. The first-order valence-corrected chi connectivity index (χ1v) is 8.79. The van der Waals surface area contributed by atoms with Crippen molar-refractivity contribution >= 4 is 11.6 Å². The fourth-order valence-corrected chi connectivity index (χ4v) is 3.16. The molecule has 0 spiro atoms. The van der Waals surface area contributed by atoms with Gasteiger partial charge in [-0.2, -0.15) is 0 Å². The maximum atomic E-state index is 12.1. The minimum absolute atomic E-state index is 0.0494. The van der Waals surface area contributed by atoms with Crippen LogP contribution in [0.3, 0.4) is 0 Å². The predicted molar refractivity (Wildman–Crippen MR) is 98.5 cm³/mol. The van der Waals surface area contributed by atoms with Gasteiger partial charge in [0.1, 0.15) is 5.82 Å². The van der Waals surface area contributed by atoms with E-state index in [1.807, 2.05) is 24.3 Å². The number of benzene rings is 1. The van der Waals surface area contributed by atoms with E-state index >= 15 is 0 Å². The highest BCUT2D eigenvalue weighted by Crippen LogP contribution is 2.20. The Bertz CT molecular complexity index is 777. The molecular weight excluding hydrogens is 316 g/mol. The summed E-state index contributed by atoms with van der Waals surface area (Å²) in [5.41, 5.74) is 2.08. The molecular formula is C19H24N4O2. The number of piperidine rings is 1. The third-order valence-corrected chi connectivity index (χ3v) is 4.55. The number of nitrogens with zero attached hydrogens (tertiary/aromatic N) is 1. The van der Waals surface area contributed by atoms with Gasteiger partial charge >= 0.3 is 0 Å². The number of carbonyl (C=O) groups is 1. The number of anilines is 1. The molecule has 0 unspecified atom stereocenters. The molecule has 1 fully saturated rings. The fourth-order valence-electron chi connectivity index (χ4n) is 3.16. The van der Waals surface area contributed by atoms with Gasteiger partial charge in [-0.3, -0.25) is 9.59 Å². The summed E-state index contributed by atoms with van der Waals surface area (Å²) < 4.78 is 0. The predicted octanol–water partition coefficient (Wildman–Crippen LogP) is 2.46. The number of nitrogens with one attached hydrogen (secondary N) is 3. The number of amides is 1. The lowest BCUT2D eigenvalue weighted by atomic mass is 9.93. The van der Waals surface area contributed by atoms with Crippen LogP contribution in [-0.4, -0.2) is 29.0 Å². The first kappa shape index (κ1) is 17.4. The zero-order valence-corrected chi connectivity index (χ0v) is 14.5. The number of rotatable bonds is 5. The molecule has 1 aromatic heterocycles. The van der Waals surface area contributed by atoms with Crippen LogP contribution >= 0.6 is 0 Å². The van der Waals surface area contributed by atoms with E-state index in [0.29, 0.717) is 23.9 Å². The topological polar surface area (TPSA) is 86.9 Å². The summed E-state index contributed by atoms with van der Waals surface area (Å²) in [5, 5.41) is 6.28. The number of aryl methyl sites for hydroxylation is 1. The second kappa shape index (κ2) is 8.07. The zero-order chi connectivity index (χ0) is 17.6. The Kier molecular flexibility index (Phi) is 5.60. The van der Waals surface area contributed by atoms with Crippen molar-refractivity contribution in [1.29, 1.82) is 0 Å². The average molecular weight is 340 g/mol. The SMILES string of the molecule is Cc1cc(=O)[nH]c(-c2ccc(NC(=O)CCC3CCNCC3)cc2)n1. The van der Waals surface area contributed by atoms with Crippen molar-refractivity contribution in [2.24, 2.45) is 5.92 Å². The Balaban J connectivity index is 1.56. The van der Waals surface area contributed by atoms with E-state index in [2.05, 4.69) is 20.6 Å². The van der Waals surface area contributed by atoms with E-state index in [1.54, 1.807) is 6.92 Å². The standard InChI is InChI=1S/C19H24N4O2/c1-13-12-18(25)23-19(21-13)15-3-5-16(6-4-15)22-17(24)7-2-14-8-10-20-11-9-14/h3-6,12,14,20H,2,7-11H2,1H3,(H,22,24)(H,21,23,25). The van der Waals surface area contributed by atoms with Gasteiger partial charge in [0.2, 0.25) is 5.91 Å². The van der Waals surface area contributed by atoms with E-state index in [0.717, 1.165) is 43.6 Å². The molecule has 132 valence electrons. The number of hydrogen-bond acceptors (Lipinski definition) is 4. The molecule has 3 rings (SSSR count). The van der Waals surface area contributed by atoms with Crippen LogP contribution in [0.4, 0.5) is 5.69 Å². The second-order valence-electron chi connectivity index (χ2n) is 6.59. The van der Waals surface area contributed by atoms with E-state index in [9.17, 15) is 9.59 Å². The van der Waals surface area contributed by atoms with Gasteiger partial charge in [-0.15, -0.1) is 0 Å². The summed E-state index contributed by atoms with van der Waals surface area (Å²) in [6.45, 7) is 3.90. The number of carbonyl (C=O) groups excluding carboxylic acids is 1. The van der Waals surface area contributed by atoms with Crippen LogP contribution in [0.15, 0.2) is 35.1 Å². The molecule has 1 amide bonds. The van der Waals surface area contributed by atoms with Crippen LogP contribution in [-0.2, 0) is 4.79 Å². The molecule has 1 saturated heterocycles. The Hall–Kier alpha value is -2.47. The summed E-state index contributed by atoms with van der Waals surface area (Å²) in [6, 6.07) is 8.82. The first-order valence-electron chi connectivity index (χ1n) is 8.79. The third-order valence-electron chi connectivity index (χ3n) is 4.55. The number of H-pyrrole nitrogens is 1. The van der Waals surface area contributed by atoms with E-state index in [4.69, 9.17) is 0 Å². The molecule has 1 aromatic carbocycles. The minimum atomic E-state index is -0.169. The van der Waals surface area contributed by atoms with E-state index in [-0.39, 0.29) is 11.5 Å². The Morgan fingerprint density at radius 1 is 1.24 bits per heavy atom. The van der Waals surface area contributed by atoms with Crippen LogP contribution in [0.5, 0.6) is 0 Å². The molecule has 0 radical (unpaired) electrons. The van der Waals surface area contributed by atoms with Crippen molar-refractivity contribution in [2.75, 3.05) is 18.4 Å². The Labute approximate surface area is 147 Å². The smallest absolute Gasteiger partial charge is 0.251 e. The molecule has 2 aromatic rings. The largest absolute Gasteiger partial charge is 0.326 e.